The number of nitrogens with zero attached hydrogens (tertiary/aromatic N) is 1. The first-order valence-corrected chi connectivity index (χ1v) is 8.05. The Morgan fingerprint density at radius 3 is 2.42 bits per heavy atom. The lowest BCUT2D eigenvalue weighted by Crippen LogP contribution is -2.28. The lowest BCUT2D eigenvalue weighted by Gasteiger charge is -2.19. The summed E-state index contributed by atoms with van der Waals surface area (Å²) >= 11 is 0. The van der Waals surface area contributed by atoms with E-state index in [9.17, 15) is 8.42 Å². The molecule has 1 rings (SSSR count). The molecule has 0 aliphatic heterocycles. The van der Waals surface area contributed by atoms with Gasteiger partial charge in [0.05, 0.1) is 4.90 Å². The molecule has 1 aromatic carbocycles. The van der Waals surface area contributed by atoms with E-state index in [1.165, 1.54) is 4.31 Å². The van der Waals surface area contributed by atoms with Gasteiger partial charge in [0.2, 0.25) is 10.0 Å². The van der Waals surface area contributed by atoms with Crippen LogP contribution in [0.3, 0.4) is 0 Å². The highest BCUT2D eigenvalue weighted by atomic mass is 32.2. The van der Waals surface area contributed by atoms with Gasteiger partial charge in [-0.1, -0.05) is 19.4 Å². The van der Waals surface area contributed by atoms with Crippen molar-refractivity contribution in [3.05, 3.63) is 28.8 Å². The maximum atomic E-state index is 12.6. The molecule has 0 amide bonds. The molecule has 1 aromatic rings. The lowest BCUT2D eigenvalue weighted by atomic mass is 10.1. The first-order chi connectivity index (χ1) is 8.84. The first kappa shape index (κ1) is 16.1. The average Bonchev–Trinajstić information content (AvgIpc) is 2.38. The normalized spacial score (nSPS) is 12.1. The van der Waals surface area contributed by atoms with Crippen LogP contribution in [0.5, 0.6) is 0 Å². The Labute approximate surface area is 116 Å². The van der Waals surface area contributed by atoms with Gasteiger partial charge in [-0.3, -0.25) is 0 Å². The molecule has 0 aliphatic rings. The molecule has 2 N–H and O–H groups in total. The summed E-state index contributed by atoms with van der Waals surface area (Å²) in [5.74, 6) is 0. The van der Waals surface area contributed by atoms with Gasteiger partial charge in [0.1, 0.15) is 0 Å². The fourth-order valence-corrected chi connectivity index (χ4v) is 3.51. The standard InChI is InChI=1S/C14H24N2O2S/c1-5-6-7-16(4)19(17,18)14-9-13(10-15)8-11(2)12(14)3/h8-9H,5-7,10,15H2,1-4H3. The summed E-state index contributed by atoms with van der Waals surface area (Å²) in [7, 11) is -1.79. The molecule has 0 fully saturated rings. The van der Waals surface area contributed by atoms with E-state index in [4.69, 9.17) is 5.73 Å². The minimum Gasteiger partial charge on any atom is -0.326 e. The summed E-state index contributed by atoms with van der Waals surface area (Å²) in [5.41, 5.74) is 8.25. The van der Waals surface area contributed by atoms with Crippen LogP contribution in [0.4, 0.5) is 0 Å². The summed E-state index contributed by atoms with van der Waals surface area (Å²) in [6.45, 7) is 6.70. The van der Waals surface area contributed by atoms with E-state index in [1.807, 2.05) is 26.8 Å². The van der Waals surface area contributed by atoms with Crippen LogP contribution in [0.2, 0.25) is 0 Å². The molecule has 0 bridgehead atoms. The predicted octanol–water partition coefficient (Wildman–Crippen LogP) is 2.18. The van der Waals surface area contributed by atoms with Crippen molar-refractivity contribution in [3.63, 3.8) is 0 Å². The Morgan fingerprint density at radius 1 is 1.26 bits per heavy atom. The Hall–Kier alpha value is -0.910. The van der Waals surface area contributed by atoms with Crippen molar-refractivity contribution in [3.8, 4) is 0 Å². The van der Waals surface area contributed by atoms with Gasteiger partial charge in [0.15, 0.2) is 0 Å². The fourth-order valence-electron chi connectivity index (χ4n) is 1.95. The van der Waals surface area contributed by atoms with Crippen LogP contribution < -0.4 is 5.73 Å². The minimum absolute atomic E-state index is 0.350. The van der Waals surface area contributed by atoms with Gasteiger partial charge >= 0.3 is 0 Å². The van der Waals surface area contributed by atoms with E-state index in [2.05, 4.69) is 0 Å². The molecule has 0 saturated heterocycles. The summed E-state index contributed by atoms with van der Waals surface area (Å²) in [5, 5.41) is 0. The van der Waals surface area contributed by atoms with E-state index < -0.39 is 10.0 Å². The van der Waals surface area contributed by atoms with Gasteiger partial charge in [-0.25, -0.2) is 12.7 Å². The smallest absolute Gasteiger partial charge is 0.243 e. The zero-order valence-corrected chi connectivity index (χ0v) is 13.0. The number of nitrogens with two attached hydrogens (primary N) is 1. The van der Waals surface area contributed by atoms with Crippen molar-refractivity contribution < 1.29 is 8.42 Å². The van der Waals surface area contributed by atoms with Crippen LogP contribution in [-0.4, -0.2) is 26.3 Å². The fraction of sp³-hybridized carbons (Fsp3) is 0.571. The molecule has 108 valence electrons. The third-order valence-corrected chi connectivity index (χ3v) is 5.41. The quantitative estimate of drug-likeness (QED) is 0.871. The third-order valence-electron chi connectivity index (χ3n) is 3.43. The number of hydrogen-bond donors (Lipinski definition) is 1. The van der Waals surface area contributed by atoms with Crippen molar-refractivity contribution in [2.75, 3.05) is 13.6 Å². The van der Waals surface area contributed by atoms with Crippen molar-refractivity contribution in [2.24, 2.45) is 5.73 Å². The molecular formula is C14H24N2O2S. The van der Waals surface area contributed by atoms with E-state index in [0.29, 0.717) is 18.0 Å². The van der Waals surface area contributed by atoms with E-state index in [-0.39, 0.29) is 0 Å². The number of sulfonamides is 1. The van der Waals surface area contributed by atoms with Gasteiger partial charge in [0, 0.05) is 20.1 Å². The molecule has 0 spiro atoms. The highest BCUT2D eigenvalue weighted by Crippen LogP contribution is 2.23. The van der Waals surface area contributed by atoms with Crippen LogP contribution >= 0.6 is 0 Å². The Bertz CT molecular complexity index is 539. The third kappa shape index (κ3) is 3.55. The van der Waals surface area contributed by atoms with Gasteiger partial charge in [0.25, 0.3) is 0 Å². The predicted molar refractivity (Wildman–Crippen MR) is 78.5 cm³/mol. The second kappa shape index (κ2) is 6.50. The van der Waals surface area contributed by atoms with Gasteiger partial charge in [-0.2, -0.15) is 0 Å². The van der Waals surface area contributed by atoms with Crippen LogP contribution in [0.25, 0.3) is 0 Å². The number of benzene rings is 1. The summed E-state index contributed by atoms with van der Waals surface area (Å²) < 4.78 is 26.6. The molecule has 5 heteroatoms. The molecule has 0 radical (unpaired) electrons. The summed E-state index contributed by atoms with van der Waals surface area (Å²) in [4.78, 5) is 0.381. The van der Waals surface area contributed by atoms with Crippen molar-refractivity contribution in [2.45, 2.75) is 45.1 Å². The second-order valence-electron chi connectivity index (χ2n) is 4.92. The van der Waals surface area contributed by atoms with Crippen molar-refractivity contribution in [1.82, 2.24) is 4.31 Å². The maximum Gasteiger partial charge on any atom is 0.243 e. The molecule has 0 saturated carbocycles. The average molecular weight is 284 g/mol. The molecule has 0 heterocycles. The topological polar surface area (TPSA) is 63.4 Å². The van der Waals surface area contributed by atoms with E-state index >= 15 is 0 Å². The van der Waals surface area contributed by atoms with Gasteiger partial charge in [-0.15, -0.1) is 0 Å². The summed E-state index contributed by atoms with van der Waals surface area (Å²) in [6.07, 6.45) is 1.84. The second-order valence-corrected chi connectivity index (χ2v) is 6.93. The molecule has 19 heavy (non-hydrogen) atoms. The molecular weight excluding hydrogens is 260 g/mol. The summed E-state index contributed by atoms with van der Waals surface area (Å²) in [6, 6.07) is 3.64. The zero-order chi connectivity index (χ0) is 14.6. The number of unbranched alkanes of at least 4 members (excludes halogenated alkanes) is 1. The zero-order valence-electron chi connectivity index (χ0n) is 12.2. The highest BCUT2D eigenvalue weighted by molar-refractivity contribution is 7.89. The Balaban J connectivity index is 3.24. The van der Waals surface area contributed by atoms with Crippen LogP contribution in [0.15, 0.2) is 17.0 Å². The largest absolute Gasteiger partial charge is 0.326 e. The molecule has 0 atom stereocenters. The molecule has 0 aliphatic carbocycles. The van der Waals surface area contributed by atoms with Crippen LogP contribution in [0, 0.1) is 13.8 Å². The molecule has 0 unspecified atom stereocenters. The maximum absolute atomic E-state index is 12.6. The SMILES string of the molecule is CCCCN(C)S(=O)(=O)c1cc(CN)cc(C)c1C. The first-order valence-electron chi connectivity index (χ1n) is 6.61. The van der Waals surface area contributed by atoms with Gasteiger partial charge < -0.3 is 5.73 Å². The monoisotopic (exact) mass is 284 g/mol. The number of rotatable bonds is 6. The van der Waals surface area contributed by atoms with Gasteiger partial charge in [-0.05, 0) is 43.0 Å². The molecule has 0 aromatic heterocycles. The number of aryl methyl sites for hydroxylation is 1. The number of hydrogen-bond acceptors (Lipinski definition) is 3. The Kier molecular flexibility index (Phi) is 5.52. The van der Waals surface area contributed by atoms with Crippen molar-refractivity contribution in [1.29, 1.82) is 0 Å². The lowest BCUT2D eigenvalue weighted by molar-refractivity contribution is 0.459. The Morgan fingerprint density at radius 2 is 1.89 bits per heavy atom. The molecule has 4 nitrogen and oxygen atoms in total. The van der Waals surface area contributed by atoms with Crippen molar-refractivity contribution >= 4 is 10.0 Å². The minimum atomic E-state index is -3.42. The highest BCUT2D eigenvalue weighted by Gasteiger charge is 2.23. The van der Waals surface area contributed by atoms with E-state index in [1.54, 1.807) is 13.1 Å². The van der Waals surface area contributed by atoms with E-state index in [0.717, 1.165) is 29.5 Å². The van der Waals surface area contributed by atoms with Crippen LogP contribution in [-0.2, 0) is 16.6 Å². The van der Waals surface area contributed by atoms with Crippen LogP contribution in [0.1, 0.15) is 36.5 Å².